The second-order valence-electron chi connectivity index (χ2n) is 38.2. The van der Waals surface area contributed by atoms with Crippen molar-refractivity contribution in [3.63, 3.8) is 0 Å². The number of aromatic nitrogens is 1. The minimum absolute atomic E-state index is 0.0656. The summed E-state index contributed by atoms with van der Waals surface area (Å²) < 4.78 is 99.3. The number of nitrogens with zero attached hydrogens (tertiary/aromatic N) is 1. The van der Waals surface area contributed by atoms with Gasteiger partial charge >= 0.3 is 17.9 Å². The van der Waals surface area contributed by atoms with Crippen LogP contribution in [0.15, 0.2) is 34.8 Å². The van der Waals surface area contributed by atoms with E-state index in [-0.39, 0.29) is 111 Å². The molecule has 0 radical (unpaired) electrons. The van der Waals surface area contributed by atoms with Gasteiger partial charge in [-0.05, 0) is 78.0 Å². The van der Waals surface area contributed by atoms with E-state index < -0.39 is 313 Å². The molecule has 830 valence electrons. The van der Waals surface area contributed by atoms with Gasteiger partial charge in [-0.1, -0.05) is 64.8 Å². The van der Waals surface area contributed by atoms with Crippen LogP contribution in [-0.2, 0) is 114 Å². The zero-order chi connectivity index (χ0) is 107. The van der Waals surface area contributed by atoms with Crippen LogP contribution in [0.4, 0.5) is 0 Å². The van der Waals surface area contributed by atoms with Crippen LogP contribution in [0.3, 0.4) is 0 Å². The number of Topliss-reactive ketones (excluding diaryl/α,β-unsaturated/α-hetero) is 3. The van der Waals surface area contributed by atoms with E-state index in [0.717, 1.165) is 58.2 Å². The monoisotopic (exact) mass is 2140 g/mol. The summed E-state index contributed by atoms with van der Waals surface area (Å²) in [7, 11) is 0. The molecule has 145 heavy (non-hydrogen) atoms. The maximum atomic E-state index is 13.8. The molecule has 23 rings (SSSR count). The van der Waals surface area contributed by atoms with Gasteiger partial charge in [0.25, 0.3) is 0 Å². The van der Waals surface area contributed by atoms with E-state index >= 15 is 0 Å². The van der Waals surface area contributed by atoms with Gasteiger partial charge in [0.05, 0.1) is 124 Å². The highest BCUT2D eigenvalue weighted by Crippen LogP contribution is 2.42. The normalized spacial score (nSPS) is 40.1. The fourth-order valence-corrected chi connectivity index (χ4v) is 20.9. The number of aliphatic hydroxyl groups excluding tert-OH is 20. The third kappa shape index (κ3) is 33.3. The lowest BCUT2D eigenvalue weighted by Crippen LogP contribution is -2.68. The zero-order valence-electron chi connectivity index (χ0n) is 82.2. The third-order valence-electron chi connectivity index (χ3n) is 26.9. The van der Waals surface area contributed by atoms with Crippen LogP contribution in [0, 0.1) is 36.0 Å². The third-order valence-corrected chi connectivity index (χ3v) is 30.1. The summed E-state index contributed by atoms with van der Waals surface area (Å²) in [5.41, 5.74) is 7.25. The number of ketones is 3. The van der Waals surface area contributed by atoms with Crippen LogP contribution >= 0.6 is 34.9 Å². The highest BCUT2D eigenvalue weighted by Gasteiger charge is 2.61. The number of nitrogens with two attached hydrogens (primary N) is 1. The first-order valence-corrected chi connectivity index (χ1v) is 51.8. The van der Waals surface area contributed by atoms with Crippen molar-refractivity contribution < 1.29 is 226 Å². The first kappa shape index (κ1) is 123. The minimum Gasteiger partial charge on any atom is -0.481 e. The van der Waals surface area contributed by atoms with E-state index in [1.165, 1.54) is 6.92 Å². The number of rotatable bonds is 35. The molecular weight excluding hydrogens is 1990 g/mol. The number of amides is 1. The molecule has 42 atom stereocenters. The molecular formula is C93H149N3O46S3. The van der Waals surface area contributed by atoms with Crippen LogP contribution in [0.5, 0.6) is 0 Å². The van der Waals surface area contributed by atoms with Crippen molar-refractivity contribution >= 4 is 82.1 Å². The van der Waals surface area contributed by atoms with Crippen molar-refractivity contribution in [1.82, 2.24) is 10.3 Å². The highest BCUT2D eigenvalue weighted by molar-refractivity contribution is 7.99. The molecule has 52 heteroatoms. The van der Waals surface area contributed by atoms with E-state index in [1.54, 1.807) is 39.0 Å². The van der Waals surface area contributed by atoms with Crippen molar-refractivity contribution in [2.75, 3.05) is 89.0 Å². The Morgan fingerprint density at radius 2 is 0.890 bits per heavy atom. The van der Waals surface area contributed by atoms with Crippen molar-refractivity contribution in [3.05, 3.63) is 45.5 Å². The second kappa shape index (κ2) is 58.9. The number of allylic oxidation sites excluding steroid dienone is 2. The van der Waals surface area contributed by atoms with Gasteiger partial charge in [-0.15, -0.1) is 11.3 Å². The van der Waals surface area contributed by atoms with Gasteiger partial charge < -0.3 is 204 Å². The molecule has 0 aliphatic carbocycles. The smallest absolute Gasteiger partial charge is 0.307 e. The maximum absolute atomic E-state index is 13.8. The van der Waals surface area contributed by atoms with Crippen molar-refractivity contribution in [2.45, 2.75) is 366 Å². The molecule has 16 unspecified atom stereocenters. The van der Waals surface area contributed by atoms with Crippen LogP contribution in [0.25, 0.3) is 6.08 Å². The molecule has 0 spiro atoms. The number of carboxylic acid groups (broad SMARTS) is 2. The van der Waals surface area contributed by atoms with Crippen molar-refractivity contribution in [2.24, 2.45) is 34.8 Å². The number of hydrogen-bond acceptors (Lipinski definition) is 49. The molecule has 49 nitrogen and oxygen atoms in total. The molecule has 23 heterocycles. The van der Waals surface area contributed by atoms with E-state index in [1.807, 2.05) is 51.3 Å². The number of carboxylic acids is 2. The van der Waals surface area contributed by atoms with Crippen LogP contribution in [0.2, 0.25) is 0 Å². The number of aliphatic hydroxyl groups is 20. The molecule has 1 aromatic heterocycles. The number of unbranched alkanes of at least 4 members (excludes halogenated alkanes) is 2. The highest BCUT2D eigenvalue weighted by atomic mass is 32.2. The summed E-state index contributed by atoms with van der Waals surface area (Å²) >= 11 is 3.30. The number of ether oxygens (including phenoxy) is 17. The summed E-state index contributed by atoms with van der Waals surface area (Å²) in [6.45, 7) is 11.2. The van der Waals surface area contributed by atoms with Crippen LogP contribution in [-0.4, -0.2) is 481 Å². The van der Waals surface area contributed by atoms with E-state index in [2.05, 4.69) is 16.4 Å². The number of esters is 1. The number of carbonyl (C=O) groups excluding carboxylic acids is 5. The Labute approximate surface area is 850 Å². The van der Waals surface area contributed by atoms with E-state index in [0.29, 0.717) is 25.8 Å². The Balaban J connectivity index is 0.000000465. The number of aliphatic carboxylic acids is 2. The van der Waals surface area contributed by atoms with Gasteiger partial charge in [0.15, 0.2) is 44.0 Å². The summed E-state index contributed by atoms with van der Waals surface area (Å²) in [4.78, 5) is 93.0. The fraction of sp³-hybridized carbons (Fsp3) is 0.828. The summed E-state index contributed by atoms with van der Waals surface area (Å²) in [6.07, 6.45) is -62.8. The molecule has 21 saturated heterocycles. The topological polar surface area (TPSA) is 772 Å². The largest absolute Gasteiger partial charge is 0.481 e. The summed E-state index contributed by atoms with van der Waals surface area (Å²) in [5, 5.41) is 254. The van der Waals surface area contributed by atoms with Crippen LogP contribution in [0.1, 0.15) is 137 Å². The Kier molecular flexibility index (Phi) is 50.1. The molecule has 1 amide bonds. The average molecular weight is 2140 g/mol. The van der Waals surface area contributed by atoms with Gasteiger partial charge in [-0.3, -0.25) is 33.6 Å². The molecule has 14 bridgehead atoms. The Morgan fingerprint density at radius 1 is 0.517 bits per heavy atom. The van der Waals surface area contributed by atoms with Gasteiger partial charge in [0, 0.05) is 60.0 Å². The first-order valence-electron chi connectivity index (χ1n) is 48.6. The Hall–Kier alpha value is -5.04. The SMILES string of the molecule is C/C1=C/C[C@@H](/C(C)=C/c2csc(C)n2)NC(=O)C[C@H](O)C(C)(C)C(=O)[C@H](C)[C@@H](OC(=O)CCCCCN)[C@@H](C)/C=C\C1.CCC(CSCC1O[C@@H]2O[C@@H]3C(CO)O[C@H](O[C@@H]4C(CO)O[C@H](O[C@@H]5C(CO)O[C@H](O[C@@H]6C(CSCC(CC(=O)CCOCCOCCC(C)=O)C(=O)O)O[C@H](O[C@@H]7C(CO)O[C@H](O[C@@H]8C(CO)O[C@H](O[C@H]1[C@H](O)C2O)C(O)[C@H]8O)C(O)[C@H]7O)C(O)[C@H]6O)C(O)[C@H]5O)C(O)[C@H]4O)C(O)[C@H]3O)C(=O)O. The van der Waals surface area contributed by atoms with Crippen LogP contribution < -0.4 is 11.1 Å². The molecule has 0 saturated carbocycles. The number of thiazole rings is 1. The quantitative estimate of drug-likeness (QED) is 0.0171. The van der Waals surface area contributed by atoms with E-state index in [9.17, 15) is 146 Å². The first-order chi connectivity index (χ1) is 68.8. The van der Waals surface area contributed by atoms with Gasteiger partial charge in [-0.25, -0.2) is 4.98 Å². The van der Waals surface area contributed by atoms with Crippen molar-refractivity contribution in [1.29, 1.82) is 0 Å². The Morgan fingerprint density at radius 3 is 1.24 bits per heavy atom. The van der Waals surface area contributed by atoms with Gasteiger partial charge in [0.2, 0.25) is 5.91 Å². The number of thioether (sulfide) groups is 2. The molecule has 0 aromatic carbocycles. The second-order valence-corrected chi connectivity index (χ2v) is 41.4. The Bertz CT molecular complexity index is 4250. The fourth-order valence-electron chi connectivity index (χ4n) is 17.9. The lowest BCUT2D eigenvalue weighted by molar-refractivity contribution is -0.395. The predicted molar refractivity (Wildman–Crippen MR) is 502 cm³/mol. The predicted octanol–water partition coefficient (Wildman–Crippen LogP) is -5.89. The number of aryl methyl sites for hydroxylation is 1. The van der Waals surface area contributed by atoms with Gasteiger partial charge in [0.1, 0.15) is 182 Å². The molecule has 22 aliphatic rings. The maximum Gasteiger partial charge on any atom is 0.307 e. The lowest BCUT2D eigenvalue weighted by Gasteiger charge is -2.50. The number of nitrogens with one attached hydrogen (secondary N) is 1. The van der Waals surface area contributed by atoms with E-state index in [4.69, 9.17) is 86.3 Å². The average Bonchev–Trinajstić information content (AvgIpc) is 0.839. The number of carbonyl (C=O) groups is 7. The molecule has 22 aliphatic heterocycles. The molecule has 1 aromatic rings. The lowest BCUT2D eigenvalue weighted by atomic mass is 9.73. The molecule has 25 N–H and O–H groups in total. The summed E-state index contributed by atoms with van der Waals surface area (Å²) in [5.74, 6) is -8.59. The summed E-state index contributed by atoms with van der Waals surface area (Å²) in [6, 6.07) is -0.288. The molecule has 21 fully saturated rings. The van der Waals surface area contributed by atoms with Gasteiger partial charge in [-0.2, -0.15) is 23.5 Å². The number of hydrogen-bond donors (Lipinski definition) is 24. The van der Waals surface area contributed by atoms with Crippen molar-refractivity contribution in [3.8, 4) is 0 Å². The standard InChI is InChI=1S/C60H98O41S2.C33H51N3O5S/c1-3-21(52(82)83)16-102-18-29-50-36(73)43(80)59(93-29)98-48-27(14-64)89-55(39(76)32(48)69)95-45-24(11-61)88-54(38(75)31(45)68)96-46-26(13-63)92-58(42(79)35(46)72)101-51-30(19-103-17-22(53(84)85)10-23(67)5-7-87-9-8-86-6-4-20(2)66)94-60(44(81)37(51)74)99-49-28(15-65)90-56(40(77)33(49)70)97-47-25(12-62)91-57(100-50)41(78)34(47)71;1-21-12-11-13-22(2)31(41-30(39)14-9-8-10-17-34)24(4)32(40)33(6,7)28(37)19-29(38)36-27(16-15-21)23(3)18-26-20-42-25(5)35-26/h21-22,24-51,54-65,68-81H,3-19H2,1-2H3,(H,82,83)(H,84,85);11,13,15,18,20,22,24,27-28,31,37H,8-10,12,14,16-17,19,34H2,1-7H3,(H,36,38)/b;13-11-,21-15-,23-18+/t21?,22?,24?,25?,26?,27?,28?,29?,30?,31-,32-,33-,34-,35-,36-,37-,38?,39?,40?,41?,42?,43?,44?,45-,46-,47-,48-,49-,50-,51-,54-,55-,56-,57-,58-,59-,60-;22-,24+,27-,28-,31-/m10/s1. The minimum atomic E-state index is -2.31. The zero-order valence-corrected chi connectivity index (χ0v) is 84.6.